The standard InChI is InChI=1S/C21H28N4O5/c1-6-14(4)24(11-17(26)22-16-10-8-9-13(3)15(16)5)18(27)12-25-20(29)19(28)23(7-2)21(25)30/h8-10,14H,6-7,11-12H2,1-5H3,(H,22,26)/t14-/m0/s1. The fourth-order valence-electron chi connectivity index (χ4n) is 3.14. The summed E-state index contributed by atoms with van der Waals surface area (Å²) in [5, 5.41) is 2.81. The summed E-state index contributed by atoms with van der Waals surface area (Å²) >= 11 is 0. The van der Waals surface area contributed by atoms with Crippen LogP contribution in [0.15, 0.2) is 18.2 Å². The molecule has 1 aromatic carbocycles. The molecule has 1 N–H and O–H groups in total. The van der Waals surface area contributed by atoms with Gasteiger partial charge in [-0.15, -0.1) is 0 Å². The lowest BCUT2D eigenvalue weighted by Gasteiger charge is -2.29. The molecule has 162 valence electrons. The summed E-state index contributed by atoms with van der Waals surface area (Å²) in [6, 6.07) is 4.43. The van der Waals surface area contributed by atoms with Gasteiger partial charge in [-0.2, -0.15) is 0 Å². The number of amides is 6. The van der Waals surface area contributed by atoms with Crippen LogP contribution in [0.25, 0.3) is 0 Å². The molecule has 2 rings (SSSR count). The number of anilines is 1. The molecule has 9 heteroatoms. The molecule has 1 aliphatic rings. The number of likely N-dealkylation sites (N-methyl/N-ethyl adjacent to an activating group) is 1. The zero-order chi connectivity index (χ0) is 22.6. The van der Waals surface area contributed by atoms with Crippen molar-refractivity contribution in [1.29, 1.82) is 0 Å². The second kappa shape index (κ2) is 9.51. The number of carbonyl (C=O) groups is 5. The highest BCUT2D eigenvalue weighted by Gasteiger charge is 2.45. The molecule has 1 fully saturated rings. The molecule has 0 saturated carbocycles. The van der Waals surface area contributed by atoms with E-state index in [9.17, 15) is 24.0 Å². The highest BCUT2D eigenvalue weighted by molar-refractivity contribution is 6.45. The molecule has 0 unspecified atom stereocenters. The molecule has 1 aromatic rings. The molecule has 30 heavy (non-hydrogen) atoms. The number of benzene rings is 1. The molecule has 0 bridgehead atoms. The molecule has 0 aliphatic carbocycles. The third kappa shape index (κ3) is 4.67. The van der Waals surface area contributed by atoms with E-state index in [0.29, 0.717) is 17.0 Å². The SMILES string of the molecule is CC[C@H](C)N(CC(=O)Nc1cccc(C)c1C)C(=O)CN1C(=O)C(=O)N(CC)C1=O. The molecular weight excluding hydrogens is 388 g/mol. The number of hydrogen-bond donors (Lipinski definition) is 1. The van der Waals surface area contributed by atoms with Gasteiger partial charge < -0.3 is 10.2 Å². The molecule has 0 aromatic heterocycles. The first-order chi connectivity index (χ1) is 14.1. The molecule has 1 atom stereocenters. The Balaban J connectivity index is 2.13. The van der Waals surface area contributed by atoms with Crippen LogP contribution in [0.5, 0.6) is 0 Å². The summed E-state index contributed by atoms with van der Waals surface area (Å²) in [6.07, 6.45) is 0.574. The number of nitrogens with one attached hydrogen (secondary N) is 1. The van der Waals surface area contributed by atoms with Gasteiger partial charge in [0.25, 0.3) is 0 Å². The minimum Gasteiger partial charge on any atom is -0.329 e. The Hall–Kier alpha value is -3.23. The molecular formula is C21H28N4O5. The van der Waals surface area contributed by atoms with Crippen molar-refractivity contribution in [2.75, 3.05) is 25.0 Å². The van der Waals surface area contributed by atoms with Crippen molar-refractivity contribution in [3.05, 3.63) is 29.3 Å². The zero-order valence-electron chi connectivity index (χ0n) is 18.0. The lowest BCUT2D eigenvalue weighted by Crippen LogP contribution is -2.49. The lowest BCUT2D eigenvalue weighted by molar-refractivity contribution is -0.145. The van der Waals surface area contributed by atoms with Crippen LogP contribution in [-0.2, 0) is 19.2 Å². The first-order valence-corrected chi connectivity index (χ1v) is 9.95. The van der Waals surface area contributed by atoms with Gasteiger partial charge in [-0.1, -0.05) is 19.1 Å². The van der Waals surface area contributed by atoms with E-state index >= 15 is 0 Å². The Morgan fingerprint density at radius 2 is 1.70 bits per heavy atom. The topological polar surface area (TPSA) is 107 Å². The number of hydrogen-bond acceptors (Lipinski definition) is 5. The zero-order valence-corrected chi connectivity index (χ0v) is 18.0. The van der Waals surface area contributed by atoms with Crippen LogP contribution in [0, 0.1) is 13.8 Å². The highest BCUT2D eigenvalue weighted by Crippen LogP contribution is 2.18. The Kier molecular flexibility index (Phi) is 7.31. The molecule has 0 radical (unpaired) electrons. The Bertz CT molecular complexity index is 882. The fourth-order valence-corrected chi connectivity index (χ4v) is 3.14. The van der Waals surface area contributed by atoms with Gasteiger partial charge >= 0.3 is 17.8 Å². The monoisotopic (exact) mass is 416 g/mol. The summed E-state index contributed by atoms with van der Waals surface area (Å²) in [5.74, 6) is -2.94. The molecule has 0 spiro atoms. The Morgan fingerprint density at radius 3 is 2.27 bits per heavy atom. The number of rotatable bonds is 8. The molecule has 1 heterocycles. The Morgan fingerprint density at radius 1 is 1.07 bits per heavy atom. The summed E-state index contributed by atoms with van der Waals surface area (Å²) in [4.78, 5) is 64.4. The van der Waals surface area contributed by atoms with E-state index in [-0.39, 0.29) is 25.0 Å². The van der Waals surface area contributed by atoms with Gasteiger partial charge in [0.15, 0.2) is 0 Å². The fraction of sp³-hybridized carbons (Fsp3) is 0.476. The maximum absolute atomic E-state index is 12.9. The molecule has 1 aliphatic heterocycles. The van der Waals surface area contributed by atoms with Crippen molar-refractivity contribution < 1.29 is 24.0 Å². The van der Waals surface area contributed by atoms with Gasteiger partial charge in [0.2, 0.25) is 11.8 Å². The first kappa shape index (κ1) is 23.1. The highest BCUT2D eigenvalue weighted by atomic mass is 16.2. The van der Waals surface area contributed by atoms with E-state index in [2.05, 4.69) is 5.32 Å². The predicted molar refractivity (Wildman–Crippen MR) is 111 cm³/mol. The lowest BCUT2D eigenvalue weighted by atomic mass is 10.1. The maximum atomic E-state index is 12.9. The van der Waals surface area contributed by atoms with E-state index in [1.54, 1.807) is 19.9 Å². The van der Waals surface area contributed by atoms with Crippen molar-refractivity contribution in [1.82, 2.24) is 14.7 Å². The second-order valence-corrected chi connectivity index (χ2v) is 7.30. The van der Waals surface area contributed by atoms with E-state index in [1.165, 1.54) is 4.90 Å². The number of carbonyl (C=O) groups excluding carboxylic acids is 5. The van der Waals surface area contributed by atoms with Crippen LogP contribution in [0.3, 0.4) is 0 Å². The normalized spacial score (nSPS) is 14.9. The smallest absolute Gasteiger partial charge is 0.329 e. The van der Waals surface area contributed by atoms with Crippen LogP contribution in [0.2, 0.25) is 0 Å². The second-order valence-electron chi connectivity index (χ2n) is 7.30. The number of urea groups is 1. The quantitative estimate of drug-likeness (QED) is 0.513. The van der Waals surface area contributed by atoms with Gasteiger partial charge in [0, 0.05) is 18.3 Å². The van der Waals surface area contributed by atoms with Crippen molar-refractivity contribution in [2.45, 2.75) is 47.1 Å². The third-order valence-electron chi connectivity index (χ3n) is 5.38. The minimum atomic E-state index is -1.03. The molecule has 9 nitrogen and oxygen atoms in total. The summed E-state index contributed by atoms with van der Waals surface area (Å²) < 4.78 is 0. The molecule has 1 saturated heterocycles. The van der Waals surface area contributed by atoms with E-state index < -0.39 is 30.3 Å². The van der Waals surface area contributed by atoms with Crippen molar-refractivity contribution in [2.24, 2.45) is 0 Å². The number of nitrogens with zero attached hydrogens (tertiary/aromatic N) is 3. The molecule has 6 amide bonds. The third-order valence-corrected chi connectivity index (χ3v) is 5.38. The number of aryl methyl sites for hydroxylation is 1. The van der Waals surface area contributed by atoms with Crippen LogP contribution >= 0.6 is 0 Å². The van der Waals surface area contributed by atoms with Crippen LogP contribution in [0.4, 0.5) is 10.5 Å². The maximum Gasteiger partial charge on any atom is 0.334 e. The summed E-state index contributed by atoms with van der Waals surface area (Å²) in [7, 11) is 0. The summed E-state index contributed by atoms with van der Waals surface area (Å²) in [5.41, 5.74) is 2.61. The number of imide groups is 2. The van der Waals surface area contributed by atoms with Gasteiger partial charge in [0.05, 0.1) is 0 Å². The van der Waals surface area contributed by atoms with Crippen molar-refractivity contribution in [3.8, 4) is 0 Å². The van der Waals surface area contributed by atoms with E-state index in [1.807, 2.05) is 32.9 Å². The van der Waals surface area contributed by atoms with Gasteiger partial charge in [-0.3, -0.25) is 24.1 Å². The van der Waals surface area contributed by atoms with Crippen LogP contribution in [-0.4, -0.2) is 70.0 Å². The minimum absolute atomic E-state index is 0.0431. The predicted octanol–water partition coefficient (Wildman–Crippen LogP) is 1.68. The van der Waals surface area contributed by atoms with Crippen molar-refractivity contribution in [3.63, 3.8) is 0 Å². The van der Waals surface area contributed by atoms with E-state index in [0.717, 1.165) is 16.0 Å². The van der Waals surface area contributed by atoms with E-state index in [4.69, 9.17) is 0 Å². The van der Waals surface area contributed by atoms with Gasteiger partial charge in [-0.05, 0) is 51.3 Å². The van der Waals surface area contributed by atoms with Gasteiger partial charge in [0.1, 0.15) is 13.1 Å². The van der Waals surface area contributed by atoms with Crippen LogP contribution < -0.4 is 5.32 Å². The summed E-state index contributed by atoms with van der Waals surface area (Å²) in [6.45, 7) is 8.26. The van der Waals surface area contributed by atoms with Gasteiger partial charge in [-0.25, -0.2) is 9.69 Å². The largest absolute Gasteiger partial charge is 0.334 e. The first-order valence-electron chi connectivity index (χ1n) is 9.95. The average Bonchev–Trinajstić information content (AvgIpc) is 2.91. The Labute approximate surface area is 176 Å². The average molecular weight is 416 g/mol. The van der Waals surface area contributed by atoms with Crippen LogP contribution in [0.1, 0.15) is 38.3 Å². The van der Waals surface area contributed by atoms with Crippen molar-refractivity contribution >= 4 is 35.3 Å².